The van der Waals surface area contributed by atoms with E-state index in [9.17, 15) is 19.8 Å². The summed E-state index contributed by atoms with van der Waals surface area (Å²) in [6.07, 6.45) is 7.71. The fourth-order valence-electron chi connectivity index (χ4n) is 3.31. The van der Waals surface area contributed by atoms with E-state index < -0.39 is 23.2 Å². The smallest absolute Gasteiger partial charge is 0.271 e. The first-order chi connectivity index (χ1) is 13.7. The highest BCUT2D eigenvalue weighted by molar-refractivity contribution is 5.96. The van der Waals surface area contributed by atoms with E-state index in [0.717, 1.165) is 0 Å². The Morgan fingerprint density at radius 1 is 1.07 bits per heavy atom. The van der Waals surface area contributed by atoms with E-state index >= 15 is 0 Å². The molecule has 1 aromatic carbocycles. The largest absolute Gasteiger partial charge is 0.507 e. The lowest BCUT2D eigenvalue weighted by molar-refractivity contribution is -0.131. The van der Waals surface area contributed by atoms with E-state index in [1.807, 2.05) is 41.5 Å². The number of aromatic hydroxyl groups is 1. The third kappa shape index (κ3) is 4.87. The highest BCUT2D eigenvalue weighted by Crippen LogP contribution is 2.39. The molecule has 1 aliphatic carbocycles. The standard InChI is InChI=1S/C24H32N2O4/c1-15(27)24(30)11-9-8-10-17(24)14-25-26-21(29)16-12-18(22(2,3)4)20(28)19(13-16)23(5,6)7/h8-14,17,28,30H,1-7H3,(H,26,29). The van der Waals surface area contributed by atoms with Gasteiger partial charge in [0.1, 0.15) is 5.75 Å². The van der Waals surface area contributed by atoms with Crippen LogP contribution in [0.4, 0.5) is 0 Å². The molecule has 0 saturated heterocycles. The summed E-state index contributed by atoms with van der Waals surface area (Å²) in [5.41, 5.74) is 1.80. The van der Waals surface area contributed by atoms with Gasteiger partial charge in [0.15, 0.2) is 11.4 Å². The number of nitrogens with one attached hydrogen (secondary N) is 1. The predicted molar refractivity (Wildman–Crippen MR) is 119 cm³/mol. The molecule has 1 amide bonds. The Morgan fingerprint density at radius 3 is 2.07 bits per heavy atom. The fraction of sp³-hybridized carbons (Fsp3) is 0.458. The molecule has 0 heterocycles. The van der Waals surface area contributed by atoms with Crippen LogP contribution in [0.5, 0.6) is 5.75 Å². The Morgan fingerprint density at radius 2 is 1.60 bits per heavy atom. The van der Waals surface area contributed by atoms with Crippen molar-refractivity contribution in [1.82, 2.24) is 5.43 Å². The quantitative estimate of drug-likeness (QED) is 0.518. The minimum Gasteiger partial charge on any atom is -0.507 e. The number of allylic oxidation sites excluding steroid dienone is 2. The lowest BCUT2D eigenvalue weighted by Crippen LogP contribution is -2.44. The van der Waals surface area contributed by atoms with Crippen molar-refractivity contribution in [2.24, 2.45) is 11.0 Å². The van der Waals surface area contributed by atoms with E-state index in [-0.39, 0.29) is 16.6 Å². The summed E-state index contributed by atoms with van der Waals surface area (Å²) in [6.45, 7) is 13.1. The van der Waals surface area contributed by atoms with Crippen molar-refractivity contribution in [2.45, 2.75) is 64.9 Å². The van der Waals surface area contributed by atoms with Crippen molar-refractivity contribution in [3.63, 3.8) is 0 Å². The molecule has 6 nitrogen and oxygen atoms in total. The van der Waals surface area contributed by atoms with Crippen LogP contribution in [0.15, 0.2) is 41.5 Å². The average Bonchev–Trinajstić information content (AvgIpc) is 2.61. The Bertz CT molecular complexity index is 894. The third-order valence-corrected chi connectivity index (χ3v) is 5.24. The van der Waals surface area contributed by atoms with Gasteiger partial charge in [-0.2, -0.15) is 5.10 Å². The van der Waals surface area contributed by atoms with Gasteiger partial charge in [0.25, 0.3) is 5.91 Å². The lowest BCUT2D eigenvalue weighted by atomic mass is 9.78. The van der Waals surface area contributed by atoms with Crippen LogP contribution in [0.2, 0.25) is 0 Å². The van der Waals surface area contributed by atoms with Crippen molar-refractivity contribution in [1.29, 1.82) is 0 Å². The number of carbonyl (C=O) groups excluding carboxylic acids is 2. The fourth-order valence-corrected chi connectivity index (χ4v) is 3.31. The van der Waals surface area contributed by atoms with E-state index in [0.29, 0.717) is 16.7 Å². The van der Waals surface area contributed by atoms with Crippen LogP contribution in [0.3, 0.4) is 0 Å². The zero-order chi connectivity index (χ0) is 22.9. The van der Waals surface area contributed by atoms with Gasteiger partial charge in [-0.3, -0.25) is 9.59 Å². The molecule has 2 unspecified atom stereocenters. The van der Waals surface area contributed by atoms with Crippen LogP contribution in [-0.4, -0.2) is 33.7 Å². The van der Waals surface area contributed by atoms with Gasteiger partial charge in [-0.25, -0.2) is 5.43 Å². The van der Waals surface area contributed by atoms with Gasteiger partial charge in [-0.1, -0.05) is 59.8 Å². The molecule has 0 aromatic heterocycles. The zero-order valence-electron chi connectivity index (χ0n) is 18.8. The van der Waals surface area contributed by atoms with Gasteiger partial charge in [-0.15, -0.1) is 0 Å². The van der Waals surface area contributed by atoms with E-state index in [4.69, 9.17) is 0 Å². The molecule has 2 rings (SSSR count). The number of hydrazone groups is 1. The molecule has 0 saturated carbocycles. The number of hydrogen-bond acceptors (Lipinski definition) is 5. The van der Waals surface area contributed by atoms with E-state index in [1.54, 1.807) is 30.4 Å². The number of carbonyl (C=O) groups is 2. The predicted octanol–water partition coefficient (Wildman–Crippen LogP) is 3.77. The minimum absolute atomic E-state index is 0.195. The van der Waals surface area contributed by atoms with Crippen LogP contribution >= 0.6 is 0 Å². The van der Waals surface area contributed by atoms with Crippen LogP contribution < -0.4 is 5.43 Å². The van der Waals surface area contributed by atoms with Crippen LogP contribution in [0.25, 0.3) is 0 Å². The van der Waals surface area contributed by atoms with E-state index in [1.165, 1.54) is 19.2 Å². The lowest BCUT2D eigenvalue weighted by Gasteiger charge is -2.28. The van der Waals surface area contributed by atoms with Gasteiger partial charge in [0, 0.05) is 22.9 Å². The van der Waals surface area contributed by atoms with Crippen LogP contribution in [-0.2, 0) is 15.6 Å². The number of hydrogen-bond donors (Lipinski definition) is 3. The summed E-state index contributed by atoms with van der Waals surface area (Å²) in [6, 6.07) is 3.34. The normalized spacial score (nSPS) is 21.8. The molecule has 0 bridgehead atoms. The van der Waals surface area contributed by atoms with Crippen molar-refractivity contribution >= 4 is 17.9 Å². The highest BCUT2D eigenvalue weighted by atomic mass is 16.3. The number of aliphatic hydroxyl groups is 1. The van der Waals surface area contributed by atoms with Crippen molar-refractivity contribution in [2.75, 3.05) is 0 Å². The number of rotatable bonds is 4. The van der Waals surface area contributed by atoms with Gasteiger partial charge >= 0.3 is 0 Å². The van der Waals surface area contributed by atoms with Gasteiger partial charge < -0.3 is 10.2 Å². The molecule has 1 aromatic rings. The number of nitrogens with zero attached hydrogens (tertiary/aromatic N) is 1. The van der Waals surface area contributed by atoms with Crippen molar-refractivity contribution < 1.29 is 19.8 Å². The Labute approximate surface area is 178 Å². The molecule has 0 aliphatic heterocycles. The van der Waals surface area contributed by atoms with Gasteiger partial charge in [0.05, 0.1) is 5.92 Å². The summed E-state index contributed by atoms with van der Waals surface area (Å²) in [5, 5.41) is 25.3. The first-order valence-corrected chi connectivity index (χ1v) is 9.99. The number of Topliss-reactive ketones (excluding diaryl/α,β-unsaturated/α-hetero) is 1. The van der Waals surface area contributed by atoms with Crippen molar-refractivity contribution in [3.8, 4) is 5.75 Å². The second kappa shape index (κ2) is 8.19. The number of amides is 1. The summed E-state index contributed by atoms with van der Waals surface area (Å²) in [7, 11) is 0. The highest BCUT2D eigenvalue weighted by Gasteiger charge is 2.37. The first-order valence-electron chi connectivity index (χ1n) is 9.99. The van der Waals surface area contributed by atoms with Gasteiger partial charge in [-0.05, 0) is 36.0 Å². The molecular formula is C24H32N2O4. The minimum atomic E-state index is -1.68. The molecule has 162 valence electrons. The monoisotopic (exact) mass is 412 g/mol. The molecule has 1 aliphatic rings. The third-order valence-electron chi connectivity index (χ3n) is 5.24. The first kappa shape index (κ1) is 23.5. The van der Waals surface area contributed by atoms with Crippen molar-refractivity contribution in [3.05, 3.63) is 53.1 Å². The van der Waals surface area contributed by atoms with Crippen LogP contribution in [0.1, 0.15) is 70.0 Å². The summed E-state index contributed by atoms with van der Waals surface area (Å²) < 4.78 is 0. The maximum absolute atomic E-state index is 12.8. The molecule has 0 spiro atoms. The summed E-state index contributed by atoms with van der Waals surface area (Å²) in [4.78, 5) is 24.6. The molecular weight excluding hydrogens is 380 g/mol. The molecule has 6 heteroatoms. The van der Waals surface area contributed by atoms with Crippen LogP contribution in [0, 0.1) is 5.92 Å². The Balaban J connectivity index is 2.33. The zero-order valence-corrected chi connectivity index (χ0v) is 18.8. The number of ketones is 1. The number of phenols is 1. The topological polar surface area (TPSA) is 99.0 Å². The maximum Gasteiger partial charge on any atom is 0.271 e. The molecule has 3 N–H and O–H groups in total. The molecule has 30 heavy (non-hydrogen) atoms. The van der Waals surface area contributed by atoms with Gasteiger partial charge in [0.2, 0.25) is 0 Å². The summed E-state index contributed by atoms with van der Waals surface area (Å²) >= 11 is 0. The number of phenolic OH excluding ortho intramolecular Hbond substituents is 1. The SMILES string of the molecule is CC(=O)C1(O)C=CC=CC1C=NNC(=O)c1cc(C(C)(C)C)c(O)c(C(C)(C)C)c1. The Kier molecular flexibility index (Phi) is 6.43. The molecule has 0 radical (unpaired) electrons. The average molecular weight is 413 g/mol. The molecule has 0 fully saturated rings. The second-order valence-electron chi connectivity index (χ2n) is 9.79. The second-order valence-corrected chi connectivity index (χ2v) is 9.79. The number of benzene rings is 1. The summed E-state index contributed by atoms with van der Waals surface area (Å²) in [5.74, 6) is -1.34. The maximum atomic E-state index is 12.8. The van der Waals surface area contributed by atoms with E-state index in [2.05, 4.69) is 10.5 Å². The Hall–Kier alpha value is -2.73. The molecule has 2 atom stereocenters.